The number of urea groups is 1. The fraction of sp³-hybridized carbons (Fsp3) is 0.583. The Balaban J connectivity index is 2.17. The van der Waals surface area contributed by atoms with E-state index in [1.807, 2.05) is 6.92 Å². The Morgan fingerprint density at radius 3 is 2.68 bits per heavy atom. The zero-order chi connectivity index (χ0) is 14.0. The number of hydrogen-bond acceptors (Lipinski definition) is 3. The van der Waals surface area contributed by atoms with Crippen LogP contribution in [0, 0.1) is 0 Å². The number of aromatic carboxylic acids is 1. The summed E-state index contributed by atoms with van der Waals surface area (Å²) in [5.41, 5.74) is -0.506. The van der Waals surface area contributed by atoms with Crippen LogP contribution in [0.4, 0.5) is 4.79 Å². The molecule has 0 unspecified atom stereocenters. The lowest BCUT2D eigenvalue weighted by atomic mass is 9.76. The van der Waals surface area contributed by atoms with Gasteiger partial charge in [-0.2, -0.15) is 0 Å². The first-order valence-corrected chi connectivity index (χ1v) is 6.30. The van der Waals surface area contributed by atoms with Crippen LogP contribution in [0.15, 0.2) is 6.20 Å². The lowest BCUT2D eigenvalue weighted by Crippen LogP contribution is -2.54. The Kier molecular flexibility index (Phi) is 3.46. The zero-order valence-corrected chi connectivity index (χ0v) is 11.1. The first-order chi connectivity index (χ1) is 8.98. The summed E-state index contributed by atoms with van der Waals surface area (Å²) in [6, 6.07) is -0.171. The van der Waals surface area contributed by atoms with Crippen molar-refractivity contribution < 1.29 is 14.7 Å². The summed E-state index contributed by atoms with van der Waals surface area (Å²) in [5, 5.41) is 11.8. The second-order valence-electron chi connectivity index (χ2n) is 4.83. The molecule has 2 amide bonds. The molecule has 1 aromatic rings. The fourth-order valence-electron chi connectivity index (χ4n) is 2.07. The molecule has 3 N–H and O–H groups in total. The fourth-order valence-corrected chi connectivity index (χ4v) is 2.07. The number of amides is 2. The van der Waals surface area contributed by atoms with E-state index >= 15 is 0 Å². The summed E-state index contributed by atoms with van der Waals surface area (Å²) in [6.07, 6.45) is 3.80. The first-order valence-electron chi connectivity index (χ1n) is 6.30. The molecule has 2 rings (SSSR count). The highest BCUT2D eigenvalue weighted by molar-refractivity contribution is 5.85. The third-order valence-corrected chi connectivity index (χ3v) is 3.63. The Bertz CT molecular complexity index is 493. The monoisotopic (exact) mass is 266 g/mol. The van der Waals surface area contributed by atoms with Crippen molar-refractivity contribution in [2.75, 3.05) is 13.6 Å². The summed E-state index contributed by atoms with van der Waals surface area (Å²) in [6.45, 7) is 2.50. The predicted octanol–water partition coefficient (Wildman–Crippen LogP) is 1.15. The van der Waals surface area contributed by atoms with Gasteiger partial charge in [0.15, 0.2) is 0 Å². The van der Waals surface area contributed by atoms with Gasteiger partial charge in [-0.05, 0) is 26.2 Å². The molecule has 104 valence electrons. The van der Waals surface area contributed by atoms with Crippen molar-refractivity contribution in [2.24, 2.45) is 0 Å². The second kappa shape index (κ2) is 4.91. The zero-order valence-electron chi connectivity index (χ0n) is 11.1. The minimum Gasteiger partial charge on any atom is -0.477 e. The van der Waals surface area contributed by atoms with Gasteiger partial charge in [0.2, 0.25) is 0 Å². The van der Waals surface area contributed by atoms with Gasteiger partial charge in [0.1, 0.15) is 11.5 Å². The van der Waals surface area contributed by atoms with Crippen molar-refractivity contribution in [3.8, 4) is 0 Å². The van der Waals surface area contributed by atoms with Crippen LogP contribution >= 0.6 is 0 Å². The Hall–Kier alpha value is -2.05. The molecule has 0 saturated heterocycles. The molecule has 1 aliphatic rings. The standard InChI is InChI=1S/C12H18N4O3/c1-3-16(2)11(19)15-12(5-4-6-12)10-13-7-8(14-10)9(17)18/h7H,3-6H2,1-2H3,(H,13,14)(H,15,19)(H,17,18). The molecule has 0 atom stereocenters. The highest BCUT2D eigenvalue weighted by atomic mass is 16.4. The van der Waals surface area contributed by atoms with E-state index in [0.29, 0.717) is 12.4 Å². The minimum atomic E-state index is -1.05. The first kappa shape index (κ1) is 13.4. The van der Waals surface area contributed by atoms with Crippen molar-refractivity contribution in [3.63, 3.8) is 0 Å². The molecule has 19 heavy (non-hydrogen) atoms. The molecular weight excluding hydrogens is 248 g/mol. The van der Waals surface area contributed by atoms with E-state index in [4.69, 9.17) is 5.11 Å². The van der Waals surface area contributed by atoms with Crippen LogP contribution in [0.1, 0.15) is 42.5 Å². The van der Waals surface area contributed by atoms with Crippen LogP contribution < -0.4 is 5.32 Å². The lowest BCUT2D eigenvalue weighted by molar-refractivity contribution is 0.0690. The van der Waals surface area contributed by atoms with Gasteiger partial charge in [-0.1, -0.05) is 0 Å². The molecule has 0 spiro atoms. The van der Waals surface area contributed by atoms with Crippen molar-refractivity contribution >= 4 is 12.0 Å². The van der Waals surface area contributed by atoms with Crippen molar-refractivity contribution in [1.29, 1.82) is 0 Å². The van der Waals surface area contributed by atoms with E-state index in [0.717, 1.165) is 19.3 Å². The number of nitrogens with zero attached hydrogens (tertiary/aromatic N) is 2. The summed E-state index contributed by atoms with van der Waals surface area (Å²) in [7, 11) is 1.71. The number of carbonyl (C=O) groups excluding carboxylic acids is 1. The van der Waals surface area contributed by atoms with Gasteiger partial charge in [0.05, 0.1) is 11.7 Å². The van der Waals surface area contributed by atoms with Crippen LogP contribution in [-0.4, -0.2) is 45.6 Å². The molecule has 0 aliphatic heterocycles. The maximum Gasteiger partial charge on any atom is 0.353 e. The molecule has 7 nitrogen and oxygen atoms in total. The predicted molar refractivity (Wildman–Crippen MR) is 67.9 cm³/mol. The van der Waals surface area contributed by atoms with Crippen LogP contribution in [0.25, 0.3) is 0 Å². The number of rotatable bonds is 4. The van der Waals surface area contributed by atoms with Crippen molar-refractivity contribution in [2.45, 2.75) is 31.7 Å². The molecule has 0 aromatic carbocycles. The third kappa shape index (κ3) is 2.40. The Labute approximate surface area is 111 Å². The summed E-state index contributed by atoms with van der Waals surface area (Å²) in [5.74, 6) is -0.528. The van der Waals surface area contributed by atoms with Crippen LogP contribution in [0.2, 0.25) is 0 Å². The number of aromatic nitrogens is 2. The number of carboxylic acid groups (broad SMARTS) is 1. The second-order valence-corrected chi connectivity index (χ2v) is 4.83. The number of imidazole rings is 1. The van der Waals surface area contributed by atoms with Gasteiger partial charge in [-0.15, -0.1) is 0 Å². The van der Waals surface area contributed by atoms with E-state index in [1.165, 1.54) is 6.20 Å². The van der Waals surface area contributed by atoms with E-state index in [2.05, 4.69) is 15.3 Å². The third-order valence-electron chi connectivity index (χ3n) is 3.63. The summed E-state index contributed by atoms with van der Waals surface area (Å²) in [4.78, 5) is 31.3. The largest absolute Gasteiger partial charge is 0.477 e. The van der Waals surface area contributed by atoms with Crippen LogP contribution in [-0.2, 0) is 5.54 Å². The normalized spacial score (nSPS) is 16.5. The molecule has 1 aliphatic carbocycles. The van der Waals surface area contributed by atoms with Gasteiger partial charge in [-0.3, -0.25) is 0 Å². The maximum atomic E-state index is 12.0. The topological polar surface area (TPSA) is 98.3 Å². The number of aromatic amines is 1. The van der Waals surface area contributed by atoms with E-state index in [1.54, 1.807) is 11.9 Å². The molecule has 7 heteroatoms. The highest BCUT2D eigenvalue weighted by Crippen LogP contribution is 2.39. The van der Waals surface area contributed by atoms with Gasteiger partial charge < -0.3 is 20.3 Å². The number of carbonyl (C=O) groups is 2. The number of carboxylic acids is 1. The Morgan fingerprint density at radius 2 is 2.26 bits per heavy atom. The number of H-pyrrole nitrogens is 1. The molecule has 1 saturated carbocycles. The molecule has 1 fully saturated rings. The average Bonchev–Trinajstić information content (AvgIpc) is 2.82. The van der Waals surface area contributed by atoms with E-state index in [9.17, 15) is 9.59 Å². The molecule has 0 bridgehead atoms. The smallest absolute Gasteiger partial charge is 0.353 e. The van der Waals surface area contributed by atoms with Gasteiger partial charge in [0, 0.05) is 13.6 Å². The summed E-state index contributed by atoms with van der Waals surface area (Å²) >= 11 is 0. The number of hydrogen-bond donors (Lipinski definition) is 3. The molecule has 1 aromatic heterocycles. The molecule has 0 radical (unpaired) electrons. The van der Waals surface area contributed by atoms with Gasteiger partial charge >= 0.3 is 12.0 Å². The number of nitrogens with one attached hydrogen (secondary N) is 2. The van der Waals surface area contributed by atoms with Crippen molar-refractivity contribution in [1.82, 2.24) is 20.2 Å². The average molecular weight is 266 g/mol. The van der Waals surface area contributed by atoms with Gasteiger partial charge in [0.25, 0.3) is 0 Å². The molecule has 1 heterocycles. The Morgan fingerprint density at radius 1 is 1.58 bits per heavy atom. The maximum absolute atomic E-state index is 12.0. The molecular formula is C12H18N4O3. The van der Waals surface area contributed by atoms with Gasteiger partial charge in [-0.25, -0.2) is 14.6 Å². The summed E-state index contributed by atoms with van der Waals surface area (Å²) < 4.78 is 0. The highest BCUT2D eigenvalue weighted by Gasteiger charge is 2.43. The van der Waals surface area contributed by atoms with E-state index < -0.39 is 11.5 Å². The van der Waals surface area contributed by atoms with Crippen LogP contribution in [0.3, 0.4) is 0 Å². The van der Waals surface area contributed by atoms with Crippen molar-refractivity contribution in [3.05, 3.63) is 17.7 Å². The van der Waals surface area contributed by atoms with E-state index in [-0.39, 0.29) is 11.7 Å². The lowest BCUT2D eigenvalue weighted by Gasteiger charge is -2.41. The minimum absolute atomic E-state index is 0.0411. The SMILES string of the molecule is CCN(C)C(=O)NC1(c2ncc(C(=O)O)[nH]2)CCC1. The quantitative estimate of drug-likeness (QED) is 0.761. The van der Waals surface area contributed by atoms with Crippen LogP contribution in [0.5, 0.6) is 0 Å².